The molecule has 2 N–H and O–H groups in total. The highest BCUT2D eigenvalue weighted by atomic mass is 19.4. The van der Waals surface area contributed by atoms with Crippen molar-refractivity contribution in [1.29, 1.82) is 0 Å². The summed E-state index contributed by atoms with van der Waals surface area (Å²) in [6, 6.07) is 2.71. The average Bonchev–Trinajstić information content (AvgIpc) is 2.45. The van der Waals surface area contributed by atoms with Crippen LogP contribution in [0.3, 0.4) is 0 Å². The number of nitrogens with zero attached hydrogens (tertiary/aromatic N) is 2. The molecule has 0 saturated carbocycles. The maximum atomic E-state index is 13.2. The molecular weight excluding hydrogens is 332 g/mol. The highest BCUT2D eigenvalue weighted by Gasteiger charge is 2.39. The molecule has 0 aliphatic heterocycles. The van der Waals surface area contributed by atoms with E-state index in [1.165, 1.54) is 18.2 Å². The van der Waals surface area contributed by atoms with E-state index in [1.807, 2.05) is 0 Å². The van der Waals surface area contributed by atoms with Gasteiger partial charge in [0, 0.05) is 0 Å². The van der Waals surface area contributed by atoms with Gasteiger partial charge in [0.25, 0.3) is 0 Å². The first-order chi connectivity index (χ1) is 11.1. The van der Waals surface area contributed by atoms with Gasteiger partial charge in [0.15, 0.2) is 0 Å². The Morgan fingerprint density at radius 2 is 1.92 bits per heavy atom. The maximum absolute atomic E-state index is 13.2. The van der Waals surface area contributed by atoms with Crippen LogP contribution in [-0.4, -0.2) is 20.7 Å². The number of rotatable bonds is 4. The van der Waals surface area contributed by atoms with E-state index in [-0.39, 0.29) is 10.5 Å². The zero-order valence-corrected chi connectivity index (χ0v) is 12.7. The second kappa shape index (κ2) is 6.46. The Kier molecular flexibility index (Phi) is 4.76. The van der Waals surface area contributed by atoms with E-state index < -0.39 is 35.5 Å². The van der Waals surface area contributed by atoms with Crippen molar-refractivity contribution in [3.05, 3.63) is 56.6 Å². The molecule has 0 fully saturated rings. The van der Waals surface area contributed by atoms with Crippen LogP contribution >= 0.6 is 0 Å². The molecule has 0 spiro atoms. The summed E-state index contributed by atoms with van der Waals surface area (Å²) in [4.78, 5) is 29.0. The van der Waals surface area contributed by atoms with Gasteiger partial charge in [-0.1, -0.05) is 12.1 Å². The lowest BCUT2D eigenvalue weighted by atomic mass is 10.1. The predicted octanol–water partition coefficient (Wildman–Crippen LogP) is 2.37. The summed E-state index contributed by atoms with van der Waals surface area (Å²) in [7, 11) is 0. The quantitative estimate of drug-likeness (QED) is 0.833. The van der Waals surface area contributed by atoms with Crippen molar-refractivity contribution in [3.63, 3.8) is 0 Å². The molecule has 0 aliphatic rings. The lowest BCUT2D eigenvalue weighted by molar-refractivity contribution is -0.164. The molecule has 2 aromatic rings. The van der Waals surface area contributed by atoms with Gasteiger partial charge in [-0.3, -0.25) is 4.98 Å². The molecule has 0 unspecified atom stereocenters. The van der Waals surface area contributed by atoms with Crippen molar-refractivity contribution >= 4 is 5.95 Å². The average molecular weight is 346 g/mol. The summed E-state index contributed by atoms with van der Waals surface area (Å²) in [5, 5.41) is 2.64. The van der Waals surface area contributed by atoms with Gasteiger partial charge in [-0.2, -0.15) is 18.2 Å². The standard InChI is InChI=1S/C14H14F4N4O2/c1-7(9-4-3-5-10(15)6-9)19-11-20-12(23)22(13(24)21-11)8(2)14(16,17)18/h3-8H,1-2H3,(H2,19,20,21,23,24)/t7-,8+/m0/s1. The first-order valence-corrected chi connectivity index (χ1v) is 6.91. The zero-order chi connectivity index (χ0) is 18.1. The molecule has 0 aliphatic carbocycles. The van der Waals surface area contributed by atoms with Crippen LogP contribution in [0.25, 0.3) is 0 Å². The van der Waals surface area contributed by atoms with Crippen molar-refractivity contribution in [1.82, 2.24) is 14.5 Å². The number of anilines is 1. The van der Waals surface area contributed by atoms with Gasteiger partial charge in [-0.25, -0.2) is 18.5 Å². The van der Waals surface area contributed by atoms with E-state index in [1.54, 1.807) is 13.0 Å². The molecule has 2 rings (SSSR count). The topological polar surface area (TPSA) is 79.8 Å². The first kappa shape index (κ1) is 17.7. The molecule has 1 aromatic carbocycles. The third kappa shape index (κ3) is 3.81. The molecule has 2 atom stereocenters. The summed E-state index contributed by atoms with van der Waals surface area (Å²) in [6.07, 6.45) is -4.76. The van der Waals surface area contributed by atoms with Crippen LogP contribution in [-0.2, 0) is 0 Å². The minimum Gasteiger partial charge on any atom is -0.349 e. The molecule has 0 saturated heterocycles. The van der Waals surface area contributed by atoms with Gasteiger partial charge < -0.3 is 5.32 Å². The smallest absolute Gasteiger partial charge is 0.349 e. The molecule has 130 valence electrons. The van der Waals surface area contributed by atoms with Gasteiger partial charge in [-0.05, 0) is 31.5 Å². The SMILES string of the molecule is C[C@H](Nc1nc(=O)n([C@H](C)C(F)(F)F)c(=O)[nH]1)c1cccc(F)c1. The minimum absolute atomic E-state index is 0.0158. The second-order valence-electron chi connectivity index (χ2n) is 5.18. The Balaban J connectivity index is 2.31. The fraction of sp³-hybridized carbons (Fsp3) is 0.357. The number of H-pyrrole nitrogens is 1. The van der Waals surface area contributed by atoms with E-state index in [2.05, 4.69) is 15.3 Å². The fourth-order valence-corrected chi connectivity index (χ4v) is 2.05. The van der Waals surface area contributed by atoms with E-state index in [0.717, 1.165) is 0 Å². The van der Waals surface area contributed by atoms with Crippen LogP contribution in [0, 0.1) is 5.82 Å². The molecule has 0 bridgehead atoms. The second-order valence-corrected chi connectivity index (χ2v) is 5.18. The van der Waals surface area contributed by atoms with Crippen LogP contribution in [0.1, 0.15) is 31.5 Å². The molecule has 10 heteroatoms. The normalized spacial score (nSPS) is 14.2. The third-order valence-electron chi connectivity index (χ3n) is 3.42. The van der Waals surface area contributed by atoms with Gasteiger partial charge in [0.2, 0.25) is 5.95 Å². The number of hydrogen-bond donors (Lipinski definition) is 2. The molecule has 1 heterocycles. The van der Waals surface area contributed by atoms with Crippen LogP contribution < -0.4 is 16.7 Å². The van der Waals surface area contributed by atoms with Crippen LogP contribution in [0.5, 0.6) is 0 Å². The highest BCUT2D eigenvalue weighted by molar-refractivity contribution is 5.30. The maximum Gasteiger partial charge on any atom is 0.409 e. The lowest BCUT2D eigenvalue weighted by Gasteiger charge is -2.18. The summed E-state index contributed by atoms with van der Waals surface area (Å²) in [6.45, 7) is 2.29. The molecule has 0 radical (unpaired) electrons. The monoisotopic (exact) mass is 346 g/mol. The van der Waals surface area contributed by atoms with Crippen molar-refractivity contribution in [2.45, 2.75) is 32.1 Å². The summed E-state index contributed by atoms with van der Waals surface area (Å²) in [5.74, 6) is -0.774. The molecule has 24 heavy (non-hydrogen) atoms. The number of aromatic nitrogens is 3. The summed E-state index contributed by atoms with van der Waals surface area (Å²) >= 11 is 0. The van der Waals surface area contributed by atoms with Crippen molar-refractivity contribution in [2.24, 2.45) is 0 Å². The lowest BCUT2D eigenvalue weighted by Crippen LogP contribution is -2.44. The number of alkyl halides is 3. The van der Waals surface area contributed by atoms with E-state index >= 15 is 0 Å². The molecular formula is C14H14F4N4O2. The molecule has 0 amide bonds. The van der Waals surface area contributed by atoms with E-state index in [9.17, 15) is 27.2 Å². The Hall–Kier alpha value is -2.65. The predicted molar refractivity (Wildman–Crippen MR) is 78.3 cm³/mol. The van der Waals surface area contributed by atoms with Crippen LogP contribution in [0.4, 0.5) is 23.5 Å². The molecule has 6 nitrogen and oxygen atoms in total. The fourth-order valence-electron chi connectivity index (χ4n) is 2.05. The van der Waals surface area contributed by atoms with Gasteiger partial charge in [-0.15, -0.1) is 0 Å². The van der Waals surface area contributed by atoms with Crippen molar-refractivity contribution in [3.8, 4) is 0 Å². The Bertz CT molecular complexity index is 812. The number of benzene rings is 1. The zero-order valence-electron chi connectivity index (χ0n) is 12.7. The van der Waals surface area contributed by atoms with Crippen LogP contribution in [0.15, 0.2) is 33.9 Å². The Morgan fingerprint density at radius 1 is 1.25 bits per heavy atom. The summed E-state index contributed by atoms with van der Waals surface area (Å²) in [5.41, 5.74) is -2.07. The molecule has 1 aromatic heterocycles. The Labute approximate surface area is 133 Å². The Morgan fingerprint density at radius 3 is 2.46 bits per heavy atom. The number of aromatic amines is 1. The van der Waals surface area contributed by atoms with Crippen molar-refractivity contribution < 1.29 is 17.6 Å². The van der Waals surface area contributed by atoms with Crippen LogP contribution in [0.2, 0.25) is 0 Å². The highest BCUT2D eigenvalue weighted by Crippen LogP contribution is 2.27. The van der Waals surface area contributed by atoms with Gasteiger partial charge in [0.05, 0.1) is 6.04 Å². The minimum atomic E-state index is -4.76. The largest absolute Gasteiger partial charge is 0.409 e. The van der Waals surface area contributed by atoms with Gasteiger partial charge in [0.1, 0.15) is 11.9 Å². The van der Waals surface area contributed by atoms with Gasteiger partial charge >= 0.3 is 17.6 Å². The number of nitrogens with one attached hydrogen (secondary N) is 2. The first-order valence-electron chi connectivity index (χ1n) is 6.91. The van der Waals surface area contributed by atoms with E-state index in [4.69, 9.17) is 0 Å². The number of halogens is 4. The van der Waals surface area contributed by atoms with Crippen molar-refractivity contribution in [2.75, 3.05) is 5.32 Å². The third-order valence-corrected chi connectivity index (χ3v) is 3.42. The van der Waals surface area contributed by atoms with E-state index in [0.29, 0.717) is 12.5 Å². The number of hydrogen-bond acceptors (Lipinski definition) is 4. The summed E-state index contributed by atoms with van der Waals surface area (Å²) < 4.78 is 51.2.